The molecule has 5 heterocycles. The molecule has 1 fully saturated rings. The van der Waals surface area contributed by atoms with E-state index in [0.717, 1.165) is 31.4 Å². The van der Waals surface area contributed by atoms with E-state index in [2.05, 4.69) is 15.0 Å². The molecule has 1 atom stereocenters. The van der Waals surface area contributed by atoms with Crippen LogP contribution in [-0.4, -0.2) is 61.5 Å². The Kier molecular flexibility index (Phi) is 6.26. The molecule has 10 nitrogen and oxygen atoms in total. The van der Waals surface area contributed by atoms with Crippen LogP contribution in [0.1, 0.15) is 19.3 Å². The Hall–Kier alpha value is -3.54. The van der Waals surface area contributed by atoms with Crippen LogP contribution in [0, 0.1) is 0 Å². The first-order valence-electron chi connectivity index (χ1n) is 11.8. The van der Waals surface area contributed by atoms with Crippen LogP contribution in [0.2, 0.25) is 0 Å². The summed E-state index contributed by atoms with van der Waals surface area (Å²) in [4.78, 5) is 31.8. The summed E-state index contributed by atoms with van der Waals surface area (Å²) in [5, 5.41) is 1.57. The van der Waals surface area contributed by atoms with Gasteiger partial charge >= 0.3 is 0 Å². The molecule has 0 amide bonds. The van der Waals surface area contributed by atoms with Gasteiger partial charge in [-0.1, -0.05) is 23.9 Å². The zero-order chi connectivity index (χ0) is 24.5. The van der Waals surface area contributed by atoms with Gasteiger partial charge in [0.1, 0.15) is 17.7 Å². The van der Waals surface area contributed by atoms with Crippen molar-refractivity contribution >= 4 is 39.3 Å². The molecule has 6 rings (SSSR count). The van der Waals surface area contributed by atoms with Crippen molar-refractivity contribution in [1.82, 2.24) is 29.1 Å². The van der Waals surface area contributed by atoms with Crippen LogP contribution in [0.4, 0.5) is 0 Å². The molecule has 184 valence electrons. The van der Waals surface area contributed by atoms with E-state index in [-0.39, 0.29) is 11.8 Å². The third-order valence-corrected chi connectivity index (χ3v) is 6.63. The predicted molar refractivity (Wildman–Crippen MR) is 136 cm³/mol. The SMILES string of the molecule is CSc1ncc2c(=O)n3c(nc2n1)c1c(OCCOC2CCCCO2)cccc1n3-c1ccccn1. The molecule has 1 aromatic carbocycles. The summed E-state index contributed by atoms with van der Waals surface area (Å²) in [7, 11) is 0. The van der Waals surface area contributed by atoms with Gasteiger partial charge in [-0.3, -0.25) is 4.79 Å². The highest BCUT2D eigenvalue weighted by atomic mass is 32.2. The average molecular weight is 505 g/mol. The zero-order valence-electron chi connectivity index (χ0n) is 19.7. The van der Waals surface area contributed by atoms with Gasteiger partial charge in [-0.25, -0.2) is 24.6 Å². The van der Waals surface area contributed by atoms with Crippen LogP contribution < -0.4 is 10.3 Å². The van der Waals surface area contributed by atoms with E-state index in [4.69, 9.17) is 19.2 Å². The third kappa shape index (κ3) is 4.08. The number of hydrogen-bond acceptors (Lipinski definition) is 9. The van der Waals surface area contributed by atoms with E-state index >= 15 is 0 Å². The summed E-state index contributed by atoms with van der Waals surface area (Å²) in [5.74, 6) is 1.18. The van der Waals surface area contributed by atoms with Crippen LogP contribution in [0.3, 0.4) is 0 Å². The highest BCUT2D eigenvalue weighted by molar-refractivity contribution is 7.98. The maximum Gasteiger partial charge on any atom is 0.284 e. The first-order chi connectivity index (χ1) is 17.7. The van der Waals surface area contributed by atoms with Crippen LogP contribution in [-0.2, 0) is 9.47 Å². The Balaban J connectivity index is 1.49. The number of nitrogens with zero attached hydrogens (tertiary/aromatic N) is 6. The standard InChI is InChI=1S/C25H24N6O4S/c1-36-25-27-15-16-22(29-25)28-23-21-17(30(31(23)24(16)32)19-9-2-4-11-26-19)7-6-8-18(21)33-13-14-35-20-10-3-5-12-34-20/h2,4,6-9,11,15,20H,3,5,10,12-14H2,1H3. The molecule has 1 unspecified atom stereocenters. The van der Waals surface area contributed by atoms with Gasteiger partial charge in [-0.15, -0.1) is 0 Å². The number of aromatic nitrogens is 6. The topological polar surface area (TPSA) is 106 Å². The van der Waals surface area contributed by atoms with E-state index < -0.39 is 0 Å². The fourth-order valence-corrected chi connectivity index (χ4v) is 4.76. The van der Waals surface area contributed by atoms with Crippen molar-refractivity contribution in [2.24, 2.45) is 0 Å². The van der Waals surface area contributed by atoms with Gasteiger partial charge in [0.05, 0.1) is 17.5 Å². The van der Waals surface area contributed by atoms with Crippen molar-refractivity contribution in [2.75, 3.05) is 26.1 Å². The lowest BCUT2D eigenvalue weighted by Gasteiger charge is -2.22. The number of rotatable bonds is 7. The Morgan fingerprint density at radius 2 is 2.06 bits per heavy atom. The molecule has 4 aromatic heterocycles. The molecule has 0 spiro atoms. The molecule has 0 radical (unpaired) electrons. The average Bonchev–Trinajstić information content (AvgIpc) is 3.27. The summed E-state index contributed by atoms with van der Waals surface area (Å²) in [6.45, 7) is 1.45. The van der Waals surface area contributed by atoms with Crippen molar-refractivity contribution in [1.29, 1.82) is 0 Å². The molecular weight excluding hydrogens is 480 g/mol. The minimum Gasteiger partial charge on any atom is -0.490 e. The molecule has 0 saturated carbocycles. The number of benzene rings is 1. The molecule has 0 aliphatic carbocycles. The van der Waals surface area contributed by atoms with Crippen molar-refractivity contribution in [3.05, 3.63) is 59.1 Å². The summed E-state index contributed by atoms with van der Waals surface area (Å²) < 4.78 is 20.9. The first kappa shape index (κ1) is 22.9. The van der Waals surface area contributed by atoms with Gasteiger partial charge in [-0.05, 0) is 49.8 Å². The summed E-state index contributed by atoms with van der Waals surface area (Å²) >= 11 is 1.39. The van der Waals surface area contributed by atoms with Crippen molar-refractivity contribution < 1.29 is 14.2 Å². The van der Waals surface area contributed by atoms with E-state index in [0.29, 0.717) is 52.0 Å². The number of fused-ring (bicyclic) bond motifs is 4. The Morgan fingerprint density at radius 3 is 2.86 bits per heavy atom. The fourth-order valence-electron chi connectivity index (χ4n) is 4.42. The quantitative estimate of drug-likeness (QED) is 0.187. The molecule has 36 heavy (non-hydrogen) atoms. The zero-order valence-corrected chi connectivity index (χ0v) is 20.5. The van der Waals surface area contributed by atoms with Crippen LogP contribution in [0.25, 0.3) is 33.4 Å². The van der Waals surface area contributed by atoms with Gasteiger partial charge < -0.3 is 14.2 Å². The molecule has 1 aliphatic heterocycles. The molecule has 1 aliphatic rings. The third-order valence-electron chi connectivity index (χ3n) is 6.07. The molecule has 0 N–H and O–H groups in total. The van der Waals surface area contributed by atoms with E-state index in [1.165, 1.54) is 22.5 Å². The van der Waals surface area contributed by atoms with Gasteiger partial charge in [0.25, 0.3) is 5.56 Å². The van der Waals surface area contributed by atoms with Gasteiger partial charge in [-0.2, -0.15) is 4.52 Å². The normalized spacial score (nSPS) is 16.2. The summed E-state index contributed by atoms with van der Waals surface area (Å²) in [6, 6.07) is 11.2. The van der Waals surface area contributed by atoms with Gasteiger partial charge in [0.15, 0.2) is 28.6 Å². The second kappa shape index (κ2) is 9.84. The number of ether oxygens (including phenoxy) is 3. The fraction of sp³-hybridized carbons (Fsp3) is 0.320. The molecule has 1 saturated heterocycles. The van der Waals surface area contributed by atoms with Crippen LogP contribution in [0.15, 0.2) is 58.7 Å². The lowest BCUT2D eigenvalue weighted by atomic mass is 10.2. The molecule has 0 bridgehead atoms. The lowest BCUT2D eigenvalue weighted by molar-refractivity contribution is -0.165. The van der Waals surface area contributed by atoms with E-state index in [9.17, 15) is 4.79 Å². The maximum absolute atomic E-state index is 13.7. The highest BCUT2D eigenvalue weighted by Crippen LogP contribution is 2.32. The minimum absolute atomic E-state index is 0.180. The van der Waals surface area contributed by atoms with Crippen LogP contribution in [0.5, 0.6) is 5.75 Å². The van der Waals surface area contributed by atoms with E-state index in [1.54, 1.807) is 10.9 Å². The maximum atomic E-state index is 13.7. The highest BCUT2D eigenvalue weighted by Gasteiger charge is 2.22. The first-order valence-corrected chi connectivity index (χ1v) is 13.0. The number of thioether (sulfide) groups is 1. The smallest absolute Gasteiger partial charge is 0.284 e. The Labute approximate surface area is 210 Å². The predicted octanol–water partition coefficient (Wildman–Crippen LogP) is 3.62. The van der Waals surface area contributed by atoms with Crippen molar-refractivity contribution in [3.8, 4) is 11.6 Å². The minimum atomic E-state index is -0.284. The second-order valence-electron chi connectivity index (χ2n) is 8.31. The summed E-state index contributed by atoms with van der Waals surface area (Å²) in [6.07, 6.45) is 7.99. The van der Waals surface area contributed by atoms with Crippen molar-refractivity contribution in [3.63, 3.8) is 0 Å². The second-order valence-corrected chi connectivity index (χ2v) is 9.09. The monoisotopic (exact) mass is 504 g/mol. The van der Waals surface area contributed by atoms with E-state index in [1.807, 2.05) is 42.7 Å². The van der Waals surface area contributed by atoms with Crippen LogP contribution >= 0.6 is 11.8 Å². The molecule has 5 aromatic rings. The number of hydrogen-bond donors (Lipinski definition) is 0. The number of pyridine rings is 1. The Morgan fingerprint density at radius 1 is 1.11 bits per heavy atom. The molecular formula is C25H24N6O4S. The van der Waals surface area contributed by atoms with Crippen molar-refractivity contribution in [2.45, 2.75) is 30.7 Å². The lowest BCUT2D eigenvalue weighted by Crippen LogP contribution is -2.24. The molecule has 11 heteroatoms. The largest absolute Gasteiger partial charge is 0.490 e. The summed E-state index contributed by atoms with van der Waals surface area (Å²) in [5.41, 5.74) is 1.23. The van der Waals surface area contributed by atoms with Gasteiger partial charge in [0.2, 0.25) is 0 Å². The van der Waals surface area contributed by atoms with Gasteiger partial charge in [0, 0.05) is 19.0 Å². The Bertz CT molecular complexity index is 1600.